The summed E-state index contributed by atoms with van der Waals surface area (Å²) in [5.41, 5.74) is 1.35. The Labute approximate surface area is 201 Å². The highest BCUT2D eigenvalue weighted by molar-refractivity contribution is 9.10. The number of methoxy groups -OCH3 is 1. The van der Waals surface area contributed by atoms with Crippen molar-refractivity contribution >= 4 is 33.4 Å². The monoisotopic (exact) mass is 514 g/mol. The van der Waals surface area contributed by atoms with E-state index in [1.807, 2.05) is 12.1 Å². The van der Waals surface area contributed by atoms with Gasteiger partial charge in [0.1, 0.15) is 11.5 Å². The van der Waals surface area contributed by atoms with E-state index in [-0.39, 0.29) is 11.3 Å². The second-order valence-electron chi connectivity index (χ2n) is 8.08. The van der Waals surface area contributed by atoms with Crippen LogP contribution in [0.4, 0.5) is 0 Å². The lowest BCUT2D eigenvalue weighted by Crippen LogP contribution is -2.38. The van der Waals surface area contributed by atoms with Crippen LogP contribution >= 0.6 is 15.9 Å². The zero-order valence-electron chi connectivity index (χ0n) is 18.5. The second kappa shape index (κ2) is 10.5. The number of Topliss-reactive ketones (excluding diaryl/α,β-unsaturated/α-hetero) is 1. The molecule has 1 N–H and O–H groups in total. The Morgan fingerprint density at radius 2 is 1.73 bits per heavy atom. The number of ether oxygens (including phenoxy) is 2. The van der Waals surface area contributed by atoms with Crippen molar-refractivity contribution in [2.45, 2.75) is 12.5 Å². The minimum atomic E-state index is -0.664. The molecule has 2 fully saturated rings. The van der Waals surface area contributed by atoms with Gasteiger partial charge in [-0.15, -0.1) is 0 Å². The Hall–Kier alpha value is -2.68. The maximum absolute atomic E-state index is 13.1. The molecule has 2 aromatic carbocycles. The number of carbonyl (C=O) groups excluding carboxylic acids is 2. The molecule has 1 atom stereocenters. The molecule has 1 amide bonds. The van der Waals surface area contributed by atoms with Gasteiger partial charge in [0.05, 0.1) is 31.9 Å². The molecule has 2 aliphatic rings. The molecule has 2 aromatic rings. The summed E-state index contributed by atoms with van der Waals surface area (Å²) in [5, 5.41) is 11.1. The molecule has 0 aliphatic carbocycles. The van der Waals surface area contributed by atoms with Crippen LogP contribution in [-0.4, -0.2) is 73.1 Å². The minimum absolute atomic E-state index is 0.110. The topological polar surface area (TPSA) is 79.3 Å². The fourth-order valence-electron chi connectivity index (χ4n) is 4.30. The lowest BCUT2D eigenvalue weighted by Gasteiger charge is -2.29. The molecule has 7 nitrogen and oxygen atoms in total. The Balaban J connectivity index is 1.66. The Kier molecular flexibility index (Phi) is 7.47. The number of hydrogen-bond donors (Lipinski definition) is 1. The van der Waals surface area contributed by atoms with Crippen molar-refractivity contribution in [2.24, 2.45) is 0 Å². The lowest BCUT2D eigenvalue weighted by molar-refractivity contribution is -0.140. The van der Waals surface area contributed by atoms with E-state index in [1.54, 1.807) is 48.4 Å². The third-order valence-electron chi connectivity index (χ3n) is 6.07. The second-order valence-corrected chi connectivity index (χ2v) is 9.00. The first kappa shape index (κ1) is 23.5. The van der Waals surface area contributed by atoms with Crippen LogP contribution in [0.15, 0.2) is 58.6 Å². The number of ketones is 1. The van der Waals surface area contributed by atoms with E-state index in [9.17, 15) is 14.7 Å². The van der Waals surface area contributed by atoms with Gasteiger partial charge in [0.2, 0.25) is 0 Å². The number of likely N-dealkylation sites (tertiary alicyclic amines) is 1. The first-order valence-electron chi connectivity index (χ1n) is 11.0. The summed E-state index contributed by atoms with van der Waals surface area (Å²) in [4.78, 5) is 30.0. The summed E-state index contributed by atoms with van der Waals surface area (Å²) in [6.07, 6.45) is 0.720. The number of aliphatic hydroxyl groups excluding tert-OH is 1. The molecule has 0 spiro atoms. The van der Waals surface area contributed by atoms with Crippen LogP contribution in [0, 0.1) is 0 Å². The number of nitrogens with zero attached hydrogens (tertiary/aromatic N) is 2. The van der Waals surface area contributed by atoms with E-state index in [0.29, 0.717) is 31.1 Å². The summed E-state index contributed by atoms with van der Waals surface area (Å²) in [6, 6.07) is 13.6. The van der Waals surface area contributed by atoms with Gasteiger partial charge in [0, 0.05) is 36.2 Å². The molecular weight excluding hydrogens is 488 g/mol. The molecule has 0 aromatic heterocycles. The van der Waals surface area contributed by atoms with E-state index < -0.39 is 17.7 Å². The van der Waals surface area contributed by atoms with Crippen LogP contribution in [0.3, 0.4) is 0 Å². The predicted octanol–water partition coefficient (Wildman–Crippen LogP) is 3.60. The van der Waals surface area contributed by atoms with Gasteiger partial charge in [0.25, 0.3) is 11.7 Å². The average molecular weight is 515 g/mol. The van der Waals surface area contributed by atoms with E-state index in [4.69, 9.17) is 9.47 Å². The standard InChI is InChI=1S/C25H27BrN2O5/c1-32-20-9-5-17(6-10-20)22-21(23(29)18-3-7-19(26)8-4-18)24(30)25(31)28(22)12-2-11-27-13-15-33-16-14-27/h3-10,22,29H,2,11-16H2,1H3/t22-/m1/s1. The number of carbonyl (C=O) groups is 2. The molecule has 2 aliphatic heterocycles. The van der Waals surface area contributed by atoms with Crippen LogP contribution in [0.25, 0.3) is 5.76 Å². The smallest absolute Gasteiger partial charge is 0.295 e. The fraction of sp³-hybridized carbons (Fsp3) is 0.360. The molecule has 4 rings (SSSR count). The number of hydrogen-bond acceptors (Lipinski definition) is 6. The molecule has 0 saturated carbocycles. The maximum atomic E-state index is 13.1. The van der Waals surface area contributed by atoms with E-state index in [2.05, 4.69) is 20.8 Å². The van der Waals surface area contributed by atoms with Crippen molar-refractivity contribution in [3.63, 3.8) is 0 Å². The van der Waals surface area contributed by atoms with Gasteiger partial charge in [-0.3, -0.25) is 14.5 Å². The molecule has 0 unspecified atom stereocenters. The van der Waals surface area contributed by atoms with Gasteiger partial charge in [-0.25, -0.2) is 0 Å². The highest BCUT2D eigenvalue weighted by atomic mass is 79.9. The van der Waals surface area contributed by atoms with Crippen molar-refractivity contribution in [3.8, 4) is 5.75 Å². The molecule has 0 bridgehead atoms. The highest BCUT2D eigenvalue weighted by Gasteiger charge is 2.45. The first-order chi connectivity index (χ1) is 16.0. The number of aliphatic hydroxyl groups is 1. The Bertz CT molecular complexity index is 1030. The first-order valence-corrected chi connectivity index (χ1v) is 11.8. The van der Waals surface area contributed by atoms with Crippen molar-refractivity contribution in [1.82, 2.24) is 9.80 Å². The van der Waals surface area contributed by atoms with Gasteiger partial charge in [-0.1, -0.05) is 40.2 Å². The molecular formula is C25H27BrN2O5. The van der Waals surface area contributed by atoms with Gasteiger partial charge in [0.15, 0.2) is 0 Å². The quantitative estimate of drug-likeness (QED) is 0.345. The summed E-state index contributed by atoms with van der Waals surface area (Å²) in [5.74, 6) is -0.743. The number of halogens is 1. The molecule has 174 valence electrons. The molecule has 33 heavy (non-hydrogen) atoms. The Morgan fingerprint density at radius 3 is 2.36 bits per heavy atom. The molecule has 0 radical (unpaired) electrons. The zero-order chi connectivity index (χ0) is 23.4. The van der Waals surface area contributed by atoms with E-state index >= 15 is 0 Å². The summed E-state index contributed by atoms with van der Waals surface area (Å²) in [6.45, 7) is 4.38. The molecule has 2 saturated heterocycles. The van der Waals surface area contributed by atoms with E-state index in [0.717, 1.165) is 36.1 Å². The number of rotatable bonds is 7. The van der Waals surface area contributed by atoms with Crippen molar-refractivity contribution in [3.05, 3.63) is 69.7 Å². The third-order valence-corrected chi connectivity index (χ3v) is 6.59. The number of benzene rings is 2. The van der Waals surface area contributed by atoms with E-state index in [1.165, 1.54) is 0 Å². The molecule has 2 heterocycles. The van der Waals surface area contributed by atoms with Gasteiger partial charge >= 0.3 is 0 Å². The average Bonchev–Trinajstić information content (AvgIpc) is 3.10. The Morgan fingerprint density at radius 1 is 1.06 bits per heavy atom. The van der Waals surface area contributed by atoms with Crippen LogP contribution in [-0.2, 0) is 14.3 Å². The number of morpholine rings is 1. The minimum Gasteiger partial charge on any atom is -0.507 e. The van der Waals surface area contributed by atoms with Crippen molar-refractivity contribution < 1.29 is 24.2 Å². The number of amides is 1. The summed E-state index contributed by atoms with van der Waals surface area (Å²) < 4.78 is 11.5. The fourth-order valence-corrected chi connectivity index (χ4v) is 4.56. The summed E-state index contributed by atoms with van der Waals surface area (Å²) >= 11 is 3.38. The van der Waals surface area contributed by atoms with Crippen LogP contribution < -0.4 is 4.74 Å². The van der Waals surface area contributed by atoms with Crippen molar-refractivity contribution in [1.29, 1.82) is 0 Å². The predicted molar refractivity (Wildman–Crippen MR) is 128 cm³/mol. The van der Waals surface area contributed by atoms with Gasteiger partial charge in [-0.2, -0.15) is 0 Å². The normalized spacial score (nSPS) is 20.9. The maximum Gasteiger partial charge on any atom is 0.295 e. The third kappa shape index (κ3) is 5.13. The highest BCUT2D eigenvalue weighted by Crippen LogP contribution is 2.40. The SMILES string of the molecule is COc1ccc([C@@H]2C(=C(O)c3ccc(Br)cc3)C(=O)C(=O)N2CCCN2CCOCC2)cc1. The van der Waals surface area contributed by atoms with Crippen LogP contribution in [0.2, 0.25) is 0 Å². The molecule has 8 heteroatoms. The van der Waals surface area contributed by atoms with Gasteiger partial charge in [-0.05, 0) is 36.2 Å². The largest absolute Gasteiger partial charge is 0.507 e. The van der Waals surface area contributed by atoms with Gasteiger partial charge < -0.3 is 19.5 Å². The van der Waals surface area contributed by atoms with Crippen LogP contribution in [0.1, 0.15) is 23.6 Å². The van der Waals surface area contributed by atoms with Crippen LogP contribution in [0.5, 0.6) is 5.75 Å². The summed E-state index contributed by atoms with van der Waals surface area (Å²) in [7, 11) is 1.58. The zero-order valence-corrected chi connectivity index (χ0v) is 20.1. The lowest BCUT2D eigenvalue weighted by atomic mass is 9.95. The van der Waals surface area contributed by atoms with Crippen molar-refractivity contribution in [2.75, 3.05) is 46.5 Å².